The number of benzene rings is 2. The molecule has 0 aromatic heterocycles. The second-order valence-corrected chi connectivity index (χ2v) is 6.15. The third-order valence-corrected chi connectivity index (χ3v) is 4.13. The van der Waals surface area contributed by atoms with Crippen LogP contribution in [0.25, 0.3) is 0 Å². The number of nitrogens with one attached hydrogen (secondary N) is 2. The minimum absolute atomic E-state index is 0.144. The third-order valence-electron chi connectivity index (χ3n) is 4.13. The fraction of sp³-hybridized carbons (Fsp3) is 0.300. The predicted molar refractivity (Wildman–Crippen MR) is 104 cm³/mol. The Kier molecular flexibility index (Phi) is 6.14. The summed E-state index contributed by atoms with van der Waals surface area (Å²) in [5.74, 6) is 2.13. The van der Waals surface area contributed by atoms with E-state index in [1.165, 1.54) is 0 Å². The highest BCUT2D eigenvalue weighted by molar-refractivity contribution is 5.86. The summed E-state index contributed by atoms with van der Waals surface area (Å²) in [6, 6.07) is 13.3. The minimum atomic E-state index is -0.201. The van der Waals surface area contributed by atoms with Crippen LogP contribution in [-0.4, -0.2) is 32.1 Å². The highest BCUT2D eigenvalue weighted by Crippen LogP contribution is 2.32. The zero-order valence-corrected chi connectivity index (χ0v) is 15.5. The fourth-order valence-corrected chi connectivity index (χ4v) is 2.57. The zero-order chi connectivity index (χ0) is 19.1. The van der Waals surface area contributed by atoms with Crippen LogP contribution in [0.5, 0.6) is 17.2 Å². The number of amides is 1. The van der Waals surface area contributed by atoms with E-state index in [0.29, 0.717) is 0 Å². The van der Waals surface area contributed by atoms with Gasteiger partial charge in [0.25, 0.3) is 5.91 Å². The number of nitrogens with zero attached hydrogens (tertiary/aromatic N) is 1. The van der Waals surface area contributed by atoms with E-state index in [4.69, 9.17) is 14.2 Å². The Bertz CT molecular complexity index is 818. The number of carbonyl (C=O) groups is 1. The summed E-state index contributed by atoms with van der Waals surface area (Å²) in [4.78, 5) is 11.9. The lowest BCUT2D eigenvalue weighted by Crippen LogP contribution is -2.26. The van der Waals surface area contributed by atoms with E-state index in [-0.39, 0.29) is 19.2 Å². The van der Waals surface area contributed by atoms with Crippen LogP contribution in [-0.2, 0) is 11.2 Å². The quantitative estimate of drug-likeness (QED) is 0.552. The van der Waals surface area contributed by atoms with Crippen molar-refractivity contribution in [2.45, 2.75) is 19.8 Å². The average molecular weight is 369 g/mol. The molecular weight excluding hydrogens is 346 g/mol. The minimum Gasteiger partial charge on any atom is -0.497 e. The smallest absolute Gasteiger partial charge is 0.259 e. The molecule has 7 heteroatoms. The summed E-state index contributed by atoms with van der Waals surface area (Å²) < 4.78 is 15.8. The van der Waals surface area contributed by atoms with Crippen molar-refractivity contribution >= 4 is 17.3 Å². The van der Waals surface area contributed by atoms with Crippen molar-refractivity contribution in [1.82, 2.24) is 5.43 Å². The van der Waals surface area contributed by atoms with E-state index in [9.17, 15) is 4.79 Å². The van der Waals surface area contributed by atoms with Crippen molar-refractivity contribution in [3.63, 3.8) is 0 Å². The monoisotopic (exact) mass is 369 g/mol. The van der Waals surface area contributed by atoms with Gasteiger partial charge in [-0.25, -0.2) is 5.43 Å². The number of aryl methyl sites for hydroxylation is 1. The van der Waals surface area contributed by atoms with E-state index in [2.05, 4.69) is 15.8 Å². The first-order chi connectivity index (χ1) is 13.1. The number of hydrazone groups is 1. The van der Waals surface area contributed by atoms with Crippen molar-refractivity contribution < 1.29 is 19.0 Å². The Hall–Kier alpha value is -3.22. The molecule has 0 spiro atoms. The number of hydrogen-bond donors (Lipinski definition) is 2. The van der Waals surface area contributed by atoms with Gasteiger partial charge >= 0.3 is 0 Å². The Morgan fingerprint density at radius 1 is 1.15 bits per heavy atom. The molecule has 1 amide bonds. The van der Waals surface area contributed by atoms with E-state index in [1.807, 2.05) is 49.4 Å². The lowest BCUT2D eigenvalue weighted by molar-refractivity contribution is -0.119. The maximum Gasteiger partial charge on any atom is 0.259 e. The molecule has 142 valence electrons. The number of anilines is 1. The number of hydrogen-bond acceptors (Lipinski definition) is 6. The fourth-order valence-electron chi connectivity index (χ4n) is 2.57. The summed E-state index contributed by atoms with van der Waals surface area (Å²) in [7, 11) is 1.61. The Morgan fingerprint density at radius 2 is 1.93 bits per heavy atom. The maximum atomic E-state index is 11.9. The van der Waals surface area contributed by atoms with E-state index in [0.717, 1.165) is 47.1 Å². The van der Waals surface area contributed by atoms with Gasteiger partial charge in [-0.1, -0.05) is 6.07 Å². The molecule has 7 nitrogen and oxygen atoms in total. The van der Waals surface area contributed by atoms with E-state index in [1.54, 1.807) is 7.11 Å². The van der Waals surface area contributed by atoms with Crippen molar-refractivity contribution in [1.29, 1.82) is 0 Å². The van der Waals surface area contributed by atoms with Crippen LogP contribution < -0.4 is 25.0 Å². The zero-order valence-electron chi connectivity index (χ0n) is 15.5. The molecule has 0 aliphatic carbocycles. The van der Waals surface area contributed by atoms with Gasteiger partial charge in [-0.2, -0.15) is 5.10 Å². The molecule has 2 aromatic carbocycles. The lowest BCUT2D eigenvalue weighted by Gasteiger charge is -2.07. The van der Waals surface area contributed by atoms with Crippen LogP contribution in [0.1, 0.15) is 18.9 Å². The molecule has 0 unspecified atom stereocenters. The molecule has 0 fully saturated rings. The Morgan fingerprint density at radius 3 is 2.70 bits per heavy atom. The van der Waals surface area contributed by atoms with Crippen LogP contribution in [0.15, 0.2) is 47.6 Å². The molecule has 0 saturated carbocycles. The predicted octanol–water partition coefficient (Wildman–Crippen LogP) is 2.96. The number of methoxy groups -OCH3 is 1. The SMILES string of the molecule is COc1ccc(NCC(=O)N/N=C(\C)CCc2ccc3c(c2)OCO3)cc1. The largest absolute Gasteiger partial charge is 0.497 e. The topological polar surface area (TPSA) is 81.2 Å². The van der Waals surface area contributed by atoms with Gasteiger partial charge in [0.05, 0.1) is 13.7 Å². The van der Waals surface area contributed by atoms with Gasteiger partial charge in [0.1, 0.15) is 5.75 Å². The summed E-state index contributed by atoms with van der Waals surface area (Å²) in [6.07, 6.45) is 1.55. The molecular formula is C20H23N3O4. The normalized spacial score (nSPS) is 12.6. The molecule has 1 aliphatic heterocycles. The molecule has 0 bridgehead atoms. The highest BCUT2D eigenvalue weighted by atomic mass is 16.7. The van der Waals surface area contributed by atoms with Gasteiger partial charge in [-0.3, -0.25) is 4.79 Å². The number of fused-ring (bicyclic) bond motifs is 1. The van der Waals surface area contributed by atoms with Crippen molar-refractivity contribution in [2.75, 3.05) is 25.8 Å². The lowest BCUT2D eigenvalue weighted by atomic mass is 10.1. The number of carbonyl (C=O) groups excluding carboxylic acids is 1. The Labute approximate surface area is 158 Å². The molecule has 1 aliphatic rings. The van der Waals surface area contributed by atoms with Crippen LogP contribution in [0.2, 0.25) is 0 Å². The van der Waals surface area contributed by atoms with Gasteiger partial charge in [0.15, 0.2) is 11.5 Å². The van der Waals surface area contributed by atoms with Crippen LogP contribution in [0.3, 0.4) is 0 Å². The molecule has 0 saturated heterocycles. The summed E-state index contributed by atoms with van der Waals surface area (Å²) in [6.45, 7) is 2.31. The molecule has 0 atom stereocenters. The van der Waals surface area contributed by atoms with Crippen LogP contribution in [0.4, 0.5) is 5.69 Å². The second kappa shape index (κ2) is 8.93. The highest BCUT2D eigenvalue weighted by Gasteiger charge is 2.13. The first-order valence-corrected chi connectivity index (χ1v) is 8.72. The first kappa shape index (κ1) is 18.6. The molecule has 2 aromatic rings. The van der Waals surface area contributed by atoms with Gasteiger partial charge < -0.3 is 19.5 Å². The third kappa shape index (κ3) is 5.37. The standard InChI is InChI=1S/C20H23N3O4/c1-14(3-4-15-5-10-18-19(11-15)27-13-26-18)22-23-20(24)12-21-16-6-8-17(25-2)9-7-16/h5-11,21H,3-4,12-13H2,1-2H3,(H,23,24)/b22-14+. The van der Waals surface area contributed by atoms with Crippen LogP contribution >= 0.6 is 0 Å². The maximum absolute atomic E-state index is 11.9. The van der Waals surface area contributed by atoms with Gasteiger partial charge in [-0.15, -0.1) is 0 Å². The van der Waals surface area contributed by atoms with Crippen molar-refractivity contribution in [3.05, 3.63) is 48.0 Å². The number of ether oxygens (including phenoxy) is 3. The first-order valence-electron chi connectivity index (χ1n) is 8.72. The summed E-state index contributed by atoms with van der Waals surface area (Å²) in [5.41, 5.74) is 5.40. The van der Waals surface area contributed by atoms with Crippen LogP contribution in [0, 0.1) is 0 Å². The van der Waals surface area contributed by atoms with Gasteiger partial charge in [0.2, 0.25) is 6.79 Å². The van der Waals surface area contributed by atoms with Gasteiger partial charge in [-0.05, 0) is 61.7 Å². The molecule has 2 N–H and O–H groups in total. The molecule has 0 radical (unpaired) electrons. The summed E-state index contributed by atoms with van der Waals surface area (Å²) >= 11 is 0. The summed E-state index contributed by atoms with van der Waals surface area (Å²) in [5, 5.41) is 7.19. The van der Waals surface area contributed by atoms with E-state index >= 15 is 0 Å². The van der Waals surface area contributed by atoms with Crippen molar-refractivity contribution in [3.8, 4) is 17.2 Å². The van der Waals surface area contributed by atoms with E-state index < -0.39 is 0 Å². The van der Waals surface area contributed by atoms with Crippen molar-refractivity contribution in [2.24, 2.45) is 5.10 Å². The number of rotatable bonds is 8. The average Bonchev–Trinajstić information content (AvgIpc) is 3.17. The molecule has 1 heterocycles. The second-order valence-electron chi connectivity index (χ2n) is 6.15. The molecule has 3 rings (SSSR count). The molecule has 27 heavy (non-hydrogen) atoms. The van der Waals surface area contributed by atoms with Gasteiger partial charge in [0, 0.05) is 11.4 Å². The Balaban J connectivity index is 1.40.